The highest BCUT2D eigenvalue weighted by Crippen LogP contribution is 2.65. The van der Waals surface area contributed by atoms with Gasteiger partial charge in [0, 0.05) is 30.8 Å². The fraction of sp³-hybridized carbons (Fsp3) is 0.545. The predicted octanol–water partition coefficient (Wildman–Crippen LogP) is 1.22. The van der Waals surface area contributed by atoms with Crippen molar-refractivity contribution in [2.75, 3.05) is 31.7 Å². The van der Waals surface area contributed by atoms with Crippen molar-refractivity contribution < 1.29 is 24.5 Å². The Morgan fingerprint density at radius 2 is 2.21 bits per heavy atom. The van der Waals surface area contributed by atoms with Crippen molar-refractivity contribution in [2.24, 2.45) is 11.8 Å². The van der Waals surface area contributed by atoms with E-state index < -0.39 is 0 Å². The van der Waals surface area contributed by atoms with Crippen molar-refractivity contribution in [2.45, 2.75) is 37.3 Å². The Morgan fingerprint density at radius 1 is 1.41 bits per heavy atom. The summed E-state index contributed by atoms with van der Waals surface area (Å²) in [6.07, 6.45) is 4.46. The molecular weight excluding hydrogens is 372 g/mol. The normalized spacial score (nSPS) is 36.1. The van der Waals surface area contributed by atoms with E-state index in [2.05, 4.69) is 4.90 Å². The lowest BCUT2D eigenvalue weighted by molar-refractivity contribution is -0.120. The van der Waals surface area contributed by atoms with Crippen LogP contribution in [0.2, 0.25) is 0 Å². The maximum atomic E-state index is 12.9. The predicted molar refractivity (Wildman–Crippen MR) is 106 cm³/mol. The van der Waals surface area contributed by atoms with Crippen molar-refractivity contribution in [1.29, 1.82) is 0 Å². The Bertz CT molecular complexity index is 928. The Balaban J connectivity index is 1.78. The Morgan fingerprint density at radius 3 is 2.86 bits per heavy atom. The number of amides is 1. The van der Waals surface area contributed by atoms with Crippen LogP contribution in [0.4, 0.5) is 5.69 Å². The summed E-state index contributed by atoms with van der Waals surface area (Å²) in [5.74, 6) is -0.280. The quantitative estimate of drug-likeness (QED) is 0.588. The molecule has 1 amide bonds. The van der Waals surface area contributed by atoms with Gasteiger partial charge in [-0.1, -0.05) is 17.7 Å². The minimum atomic E-state index is -0.383. The summed E-state index contributed by atoms with van der Waals surface area (Å²) in [6, 6.07) is 3.57. The van der Waals surface area contributed by atoms with Crippen molar-refractivity contribution in [3.63, 3.8) is 0 Å². The maximum Gasteiger partial charge on any atom is 0.224 e. The fourth-order valence-corrected chi connectivity index (χ4v) is 6.80. The second-order valence-corrected chi connectivity index (χ2v) is 8.64. The molecule has 2 saturated heterocycles. The van der Waals surface area contributed by atoms with Crippen LogP contribution in [0.1, 0.15) is 25.3 Å². The lowest BCUT2D eigenvalue weighted by Crippen LogP contribution is -2.65. The van der Waals surface area contributed by atoms with Crippen LogP contribution in [-0.4, -0.2) is 66.2 Å². The van der Waals surface area contributed by atoms with Crippen LogP contribution in [0.3, 0.4) is 0 Å². The minimum absolute atomic E-state index is 0.00248. The highest BCUT2D eigenvalue weighted by atomic mass is 16.5. The number of aromatic hydroxyl groups is 1. The largest absolute Gasteiger partial charge is 0.503 e. The van der Waals surface area contributed by atoms with Gasteiger partial charge in [0.05, 0.1) is 25.4 Å². The number of benzene rings is 1. The first-order chi connectivity index (χ1) is 14.0. The molecule has 1 aromatic carbocycles. The number of aldehydes is 1. The number of fused-ring (bicyclic) bond motifs is 2. The summed E-state index contributed by atoms with van der Waals surface area (Å²) in [4.78, 5) is 29.4. The van der Waals surface area contributed by atoms with Gasteiger partial charge in [0.25, 0.3) is 0 Å². The number of nitrogens with zero attached hydrogens (tertiary/aromatic N) is 2. The summed E-state index contributed by atoms with van der Waals surface area (Å²) in [7, 11) is 1.49. The zero-order valence-electron chi connectivity index (χ0n) is 16.7. The average molecular weight is 398 g/mol. The van der Waals surface area contributed by atoms with Gasteiger partial charge in [0.2, 0.25) is 5.91 Å². The number of aliphatic hydroxyl groups is 1. The van der Waals surface area contributed by atoms with Crippen LogP contribution >= 0.6 is 0 Å². The number of carbonyl (C=O) groups is 2. The van der Waals surface area contributed by atoms with Gasteiger partial charge >= 0.3 is 0 Å². The molecule has 3 fully saturated rings. The van der Waals surface area contributed by atoms with Gasteiger partial charge in [-0.3, -0.25) is 9.69 Å². The SMILES string of the molecule is COc1ccc2c(c1O)N(C(C)=O)C1C(C=O)C3CC4N(CCC241)C/C3=C/CO. The molecule has 4 aliphatic rings. The minimum Gasteiger partial charge on any atom is -0.503 e. The summed E-state index contributed by atoms with van der Waals surface area (Å²) in [5, 5.41) is 20.5. The van der Waals surface area contributed by atoms with E-state index in [1.165, 1.54) is 14.0 Å². The van der Waals surface area contributed by atoms with E-state index in [0.29, 0.717) is 11.4 Å². The maximum absolute atomic E-state index is 12.9. The van der Waals surface area contributed by atoms with E-state index in [-0.39, 0.29) is 47.6 Å². The van der Waals surface area contributed by atoms with Gasteiger partial charge in [0.1, 0.15) is 6.29 Å². The standard InChI is InChI=1S/C22H26N2O5/c1-12(27)24-19-16(3-4-17(29-2)20(19)28)22-6-7-23-10-13(5-8-25)14(9-18(22)23)15(11-26)21(22)24/h3-5,11,14-15,18,21,25,28H,6-10H2,1-2H3/b13-5-. The van der Waals surface area contributed by atoms with E-state index in [4.69, 9.17) is 4.74 Å². The smallest absolute Gasteiger partial charge is 0.224 e. The number of rotatable bonds is 3. The fourth-order valence-electron chi connectivity index (χ4n) is 6.80. The topological polar surface area (TPSA) is 90.3 Å². The first kappa shape index (κ1) is 18.6. The van der Waals surface area contributed by atoms with Gasteiger partial charge in [-0.25, -0.2) is 0 Å². The summed E-state index contributed by atoms with van der Waals surface area (Å²) in [5.41, 5.74) is 2.15. The molecule has 1 aromatic rings. The number of phenolic OH excluding ortho intramolecular Hbond substituents is 1. The molecule has 3 heterocycles. The lowest BCUT2D eigenvalue weighted by Gasteiger charge is -2.54. The monoisotopic (exact) mass is 398 g/mol. The number of anilines is 1. The summed E-state index contributed by atoms with van der Waals surface area (Å²) in [6.45, 7) is 3.04. The number of ether oxygens (including phenoxy) is 1. The highest BCUT2D eigenvalue weighted by molar-refractivity contribution is 5.99. The van der Waals surface area contributed by atoms with E-state index in [9.17, 15) is 19.8 Å². The first-order valence-corrected chi connectivity index (χ1v) is 10.2. The Hall–Kier alpha value is -2.38. The van der Waals surface area contributed by atoms with E-state index in [0.717, 1.165) is 43.4 Å². The molecule has 0 radical (unpaired) electrons. The van der Waals surface area contributed by atoms with E-state index in [1.807, 2.05) is 12.1 Å². The third-order valence-corrected chi connectivity index (χ3v) is 7.75. The molecule has 1 spiro atoms. The lowest BCUT2D eigenvalue weighted by atomic mass is 9.55. The van der Waals surface area contributed by atoms with Gasteiger partial charge in [0.15, 0.2) is 11.5 Å². The van der Waals surface area contributed by atoms with Crippen molar-refractivity contribution in [3.05, 3.63) is 29.3 Å². The van der Waals surface area contributed by atoms with Gasteiger partial charge in [-0.05, 0) is 36.9 Å². The zero-order chi connectivity index (χ0) is 20.5. The Kier molecular flexibility index (Phi) is 4.05. The number of phenols is 1. The molecular formula is C22H26N2O5. The molecule has 5 atom stereocenters. The molecule has 5 unspecified atom stereocenters. The van der Waals surface area contributed by atoms with Crippen LogP contribution in [0, 0.1) is 11.8 Å². The molecule has 7 nitrogen and oxygen atoms in total. The molecule has 2 N–H and O–H groups in total. The molecule has 29 heavy (non-hydrogen) atoms. The molecule has 7 heteroatoms. The average Bonchev–Trinajstić information content (AvgIpc) is 3.24. The van der Waals surface area contributed by atoms with Crippen LogP contribution < -0.4 is 9.64 Å². The van der Waals surface area contributed by atoms with Crippen LogP contribution in [0.5, 0.6) is 11.5 Å². The molecule has 5 rings (SSSR count). The number of carbonyl (C=O) groups excluding carboxylic acids is 2. The second-order valence-electron chi connectivity index (χ2n) is 8.64. The van der Waals surface area contributed by atoms with Crippen molar-refractivity contribution >= 4 is 17.9 Å². The number of aliphatic hydroxyl groups excluding tert-OH is 1. The van der Waals surface area contributed by atoms with E-state index >= 15 is 0 Å². The highest BCUT2D eigenvalue weighted by Gasteiger charge is 2.68. The number of methoxy groups -OCH3 is 1. The van der Waals surface area contributed by atoms with Gasteiger partial charge in [-0.2, -0.15) is 0 Å². The Labute approximate surface area is 169 Å². The summed E-state index contributed by atoms with van der Waals surface area (Å²) >= 11 is 0. The molecule has 0 aromatic heterocycles. The second kappa shape index (κ2) is 6.31. The molecule has 1 aliphatic carbocycles. The molecule has 2 bridgehead atoms. The van der Waals surface area contributed by atoms with Crippen LogP contribution in [0.25, 0.3) is 0 Å². The number of hydrogen-bond acceptors (Lipinski definition) is 6. The zero-order valence-corrected chi connectivity index (χ0v) is 16.7. The van der Waals surface area contributed by atoms with Gasteiger partial charge in [-0.15, -0.1) is 0 Å². The third-order valence-electron chi connectivity index (χ3n) is 7.75. The van der Waals surface area contributed by atoms with Crippen LogP contribution in [0.15, 0.2) is 23.8 Å². The number of hydrogen-bond donors (Lipinski definition) is 2. The molecule has 3 aliphatic heterocycles. The van der Waals surface area contributed by atoms with Crippen molar-refractivity contribution in [1.82, 2.24) is 4.90 Å². The van der Waals surface area contributed by atoms with Crippen molar-refractivity contribution in [3.8, 4) is 11.5 Å². The molecule has 154 valence electrons. The summed E-state index contributed by atoms with van der Waals surface area (Å²) < 4.78 is 5.31. The van der Waals surface area contributed by atoms with Gasteiger partial charge < -0.3 is 24.6 Å². The van der Waals surface area contributed by atoms with Crippen LogP contribution in [-0.2, 0) is 15.0 Å². The number of piperidine rings is 1. The van der Waals surface area contributed by atoms with E-state index in [1.54, 1.807) is 11.0 Å². The third kappa shape index (κ3) is 2.15. The first-order valence-electron chi connectivity index (χ1n) is 10.2. The molecule has 1 saturated carbocycles.